The number of aryl methyl sites for hydroxylation is 1. The number of allylic oxidation sites excluding steroid dienone is 1. The zero-order chi connectivity index (χ0) is 19.9. The lowest BCUT2D eigenvalue weighted by Gasteiger charge is -2.28. The smallest absolute Gasteiger partial charge is 0.320 e. The van der Waals surface area contributed by atoms with Crippen LogP contribution in [0.5, 0.6) is 0 Å². The van der Waals surface area contributed by atoms with Crippen LogP contribution in [0.1, 0.15) is 29.3 Å². The summed E-state index contributed by atoms with van der Waals surface area (Å²) >= 11 is 0. The highest BCUT2D eigenvalue weighted by molar-refractivity contribution is 5.90. The molecule has 1 aliphatic heterocycles. The number of nitrogens with zero attached hydrogens (tertiary/aromatic N) is 3. The van der Waals surface area contributed by atoms with Crippen molar-refractivity contribution in [2.45, 2.75) is 33.0 Å². The first kappa shape index (κ1) is 18.7. The average Bonchev–Trinajstić information content (AvgIpc) is 2.94. The summed E-state index contributed by atoms with van der Waals surface area (Å²) < 4.78 is 40.9. The minimum Gasteiger partial charge on any atom is -0.320 e. The number of pyridine rings is 1. The maximum absolute atomic E-state index is 12.9. The zero-order valence-corrected chi connectivity index (χ0v) is 15.9. The summed E-state index contributed by atoms with van der Waals surface area (Å²) in [5.74, 6) is 0. The van der Waals surface area contributed by atoms with Gasteiger partial charge in [-0.25, -0.2) is 0 Å². The van der Waals surface area contributed by atoms with Crippen LogP contribution >= 0.6 is 0 Å². The molecule has 146 valence electrons. The van der Waals surface area contributed by atoms with Crippen molar-refractivity contribution in [2.24, 2.45) is 0 Å². The van der Waals surface area contributed by atoms with Gasteiger partial charge in [0.15, 0.2) is 0 Å². The highest BCUT2D eigenvalue weighted by Crippen LogP contribution is 2.34. The molecule has 28 heavy (non-hydrogen) atoms. The van der Waals surface area contributed by atoms with Gasteiger partial charge in [-0.15, -0.1) is 0 Å². The Hall–Kier alpha value is -2.60. The van der Waals surface area contributed by atoms with E-state index in [9.17, 15) is 13.2 Å². The molecule has 0 unspecified atom stereocenters. The number of rotatable bonds is 3. The van der Waals surface area contributed by atoms with Gasteiger partial charge in [0.1, 0.15) is 0 Å². The lowest BCUT2D eigenvalue weighted by atomic mass is 10.0. The second kappa shape index (κ2) is 7.09. The van der Waals surface area contributed by atoms with E-state index in [-0.39, 0.29) is 0 Å². The van der Waals surface area contributed by atoms with Crippen LogP contribution in [-0.4, -0.2) is 33.7 Å². The fraction of sp³-hybridized carbons (Fsp3) is 0.318. The molecule has 0 N–H and O–H groups in total. The summed E-state index contributed by atoms with van der Waals surface area (Å²) in [4.78, 5) is 5.55. The van der Waals surface area contributed by atoms with E-state index >= 15 is 0 Å². The molecular weight excluding hydrogens is 363 g/mol. The molecule has 6 heteroatoms. The summed E-state index contributed by atoms with van der Waals surface area (Å²) in [6, 6.07) is 10.1. The molecule has 0 atom stereocenters. The number of halogens is 3. The summed E-state index contributed by atoms with van der Waals surface area (Å²) in [6.45, 7) is 3.92. The maximum atomic E-state index is 12.9. The maximum Gasteiger partial charge on any atom is 0.401 e. The molecule has 0 fully saturated rings. The minimum absolute atomic E-state index is 0.323. The summed E-state index contributed by atoms with van der Waals surface area (Å²) in [6.07, 6.45) is 2.02. The number of aromatic nitrogens is 2. The molecular formula is C22H22F3N3. The normalized spacial score (nSPS) is 15.8. The Morgan fingerprint density at radius 1 is 1.18 bits per heavy atom. The lowest BCUT2D eigenvalue weighted by Crippen LogP contribution is -2.38. The first-order valence-corrected chi connectivity index (χ1v) is 9.32. The molecule has 0 spiro atoms. The molecule has 1 aliphatic rings. The fourth-order valence-corrected chi connectivity index (χ4v) is 3.98. The highest BCUT2D eigenvalue weighted by Gasteiger charge is 2.33. The number of hydrogen-bond donors (Lipinski definition) is 0. The van der Waals surface area contributed by atoms with Gasteiger partial charge in [-0.05, 0) is 54.8 Å². The van der Waals surface area contributed by atoms with Crippen molar-refractivity contribution in [1.82, 2.24) is 14.5 Å². The van der Waals surface area contributed by atoms with Crippen LogP contribution in [0.15, 0.2) is 42.7 Å². The average molecular weight is 385 g/mol. The van der Waals surface area contributed by atoms with Crippen molar-refractivity contribution in [1.29, 1.82) is 0 Å². The number of fused-ring (bicyclic) bond motifs is 3. The highest BCUT2D eigenvalue weighted by atomic mass is 19.4. The Morgan fingerprint density at radius 3 is 2.64 bits per heavy atom. The monoisotopic (exact) mass is 385 g/mol. The Morgan fingerprint density at radius 2 is 1.93 bits per heavy atom. The van der Waals surface area contributed by atoms with E-state index in [2.05, 4.69) is 27.9 Å². The second-order valence-electron chi connectivity index (χ2n) is 7.44. The van der Waals surface area contributed by atoms with Crippen LogP contribution in [0.25, 0.3) is 22.7 Å². The van der Waals surface area contributed by atoms with E-state index in [1.807, 2.05) is 32.0 Å². The van der Waals surface area contributed by atoms with Crippen molar-refractivity contribution >= 4 is 22.7 Å². The summed E-state index contributed by atoms with van der Waals surface area (Å²) in [5.41, 5.74) is 6.42. The molecule has 0 radical (unpaired) electrons. The predicted molar refractivity (Wildman–Crippen MR) is 106 cm³/mol. The van der Waals surface area contributed by atoms with Gasteiger partial charge in [-0.2, -0.15) is 13.2 Å². The first-order chi connectivity index (χ1) is 13.3. The Labute approximate surface area is 162 Å². The molecule has 4 rings (SSSR count). The standard InChI is InChI=1S/C22H22F3N3/c1-15-3-4-20-18(11-15)19-13-27(14-22(23,24)25)10-7-21(19)28(20)12-16(2)17-5-8-26-9-6-17/h3-6,8-9,11-12H,7,10,13-14H2,1-2H3. The van der Waals surface area contributed by atoms with E-state index in [4.69, 9.17) is 0 Å². The molecule has 0 saturated heterocycles. The SMILES string of the molecule is CC(=Cn1c2c(c3cc(C)ccc31)CN(CC(F)(F)F)CC2)c1ccncc1. The molecule has 3 nitrogen and oxygen atoms in total. The Kier molecular flexibility index (Phi) is 4.75. The van der Waals surface area contributed by atoms with Gasteiger partial charge in [0.25, 0.3) is 0 Å². The molecule has 0 saturated carbocycles. The second-order valence-corrected chi connectivity index (χ2v) is 7.44. The first-order valence-electron chi connectivity index (χ1n) is 9.32. The van der Waals surface area contributed by atoms with Crippen molar-refractivity contribution in [3.05, 3.63) is 65.1 Å². The third-order valence-corrected chi connectivity index (χ3v) is 5.28. The summed E-state index contributed by atoms with van der Waals surface area (Å²) in [7, 11) is 0. The van der Waals surface area contributed by atoms with Gasteiger partial charge < -0.3 is 4.57 Å². The fourth-order valence-electron chi connectivity index (χ4n) is 3.98. The summed E-state index contributed by atoms with van der Waals surface area (Å²) in [5, 5.41) is 1.04. The predicted octanol–water partition coefficient (Wildman–Crippen LogP) is 5.28. The van der Waals surface area contributed by atoms with Gasteiger partial charge >= 0.3 is 6.18 Å². The van der Waals surface area contributed by atoms with Gasteiger partial charge in [-0.1, -0.05) is 11.6 Å². The van der Waals surface area contributed by atoms with Crippen LogP contribution in [-0.2, 0) is 13.0 Å². The molecule has 0 amide bonds. The Bertz CT molecular complexity index is 1030. The quantitative estimate of drug-likeness (QED) is 0.611. The van der Waals surface area contributed by atoms with Gasteiger partial charge in [0.05, 0.1) is 12.1 Å². The van der Waals surface area contributed by atoms with Gasteiger partial charge in [0.2, 0.25) is 0 Å². The van der Waals surface area contributed by atoms with Crippen LogP contribution in [0, 0.1) is 6.92 Å². The van der Waals surface area contributed by atoms with Crippen LogP contribution in [0.4, 0.5) is 13.2 Å². The molecule has 3 heterocycles. The zero-order valence-electron chi connectivity index (χ0n) is 15.9. The minimum atomic E-state index is -4.18. The van der Waals surface area contributed by atoms with E-state index in [1.165, 1.54) is 4.90 Å². The largest absolute Gasteiger partial charge is 0.401 e. The van der Waals surface area contributed by atoms with Gasteiger partial charge in [0, 0.05) is 49.2 Å². The molecule has 1 aromatic carbocycles. The van der Waals surface area contributed by atoms with E-state index in [1.54, 1.807) is 12.4 Å². The van der Waals surface area contributed by atoms with E-state index in [0.717, 1.165) is 38.9 Å². The van der Waals surface area contributed by atoms with Crippen molar-refractivity contribution in [3.63, 3.8) is 0 Å². The molecule has 0 bridgehead atoms. The van der Waals surface area contributed by atoms with Crippen LogP contribution in [0.2, 0.25) is 0 Å². The number of alkyl halides is 3. The van der Waals surface area contributed by atoms with Crippen molar-refractivity contribution in [3.8, 4) is 0 Å². The van der Waals surface area contributed by atoms with Crippen molar-refractivity contribution in [2.75, 3.05) is 13.1 Å². The van der Waals surface area contributed by atoms with Crippen molar-refractivity contribution < 1.29 is 13.2 Å². The Balaban J connectivity index is 1.81. The third kappa shape index (κ3) is 3.69. The third-order valence-electron chi connectivity index (χ3n) is 5.28. The van der Waals surface area contributed by atoms with E-state index in [0.29, 0.717) is 19.5 Å². The molecule has 0 aliphatic carbocycles. The van der Waals surface area contributed by atoms with E-state index < -0.39 is 12.7 Å². The number of hydrogen-bond acceptors (Lipinski definition) is 2. The van der Waals surface area contributed by atoms with Gasteiger partial charge in [-0.3, -0.25) is 9.88 Å². The van der Waals surface area contributed by atoms with Crippen LogP contribution < -0.4 is 0 Å². The lowest BCUT2D eigenvalue weighted by molar-refractivity contribution is -0.147. The van der Waals surface area contributed by atoms with Crippen LogP contribution in [0.3, 0.4) is 0 Å². The number of benzene rings is 1. The topological polar surface area (TPSA) is 21.1 Å². The molecule has 3 aromatic rings. The molecule has 2 aromatic heterocycles.